The second kappa shape index (κ2) is 4.82. The lowest BCUT2D eigenvalue weighted by Crippen LogP contribution is -2.32. The van der Waals surface area contributed by atoms with Crippen molar-refractivity contribution >= 4 is 11.6 Å². The van der Waals surface area contributed by atoms with Crippen molar-refractivity contribution in [2.24, 2.45) is 0 Å². The van der Waals surface area contributed by atoms with Crippen LogP contribution >= 0.6 is 0 Å². The first-order valence-electron chi connectivity index (χ1n) is 5.21. The Morgan fingerprint density at radius 3 is 2.60 bits per heavy atom. The fourth-order valence-electron chi connectivity index (χ4n) is 1.42. The molecule has 0 fully saturated rings. The number of nitrogen functional groups attached to an aromatic ring is 1. The summed E-state index contributed by atoms with van der Waals surface area (Å²) >= 11 is 0. The maximum Gasteiger partial charge on any atom is 0.276 e. The quantitative estimate of drug-likeness (QED) is 0.783. The summed E-state index contributed by atoms with van der Waals surface area (Å²) in [4.78, 5) is 13.7. The molecule has 0 bridgehead atoms. The number of aryl methyl sites for hydroxylation is 1. The first-order chi connectivity index (χ1) is 7.11. The van der Waals surface area contributed by atoms with Crippen molar-refractivity contribution in [2.45, 2.75) is 27.2 Å². The lowest BCUT2D eigenvalue weighted by atomic mass is 10.2. The first kappa shape index (κ1) is 11.6. The van der Waals surface area contributed by atoms with Gasteiger partial charge < -0.3 is 10.6 Å². The lowest BCUT2D eigenvalue weighted by Gasteiger charge is -2.18. The van der Waals surface area contributed by atoms with E-state index < -0.39 is 0 Å². The van der Waals surface area contributed by atoms with Crippen LogP contribution in [0.5, 0.6) is 0 Å². The smallest absolute Gasteiger partial charge is 0.276 e. The van der Waals surface area contributed by atoms with Crippen LogP contribution in [0, 0.1) is 6.92 Å². The third-order valence-electron chi connectivity index (χ3n) is 2.36. The number of hydrogen-bond donors (Lipinski definition) is 2. The van der Waals surface area contributed by atoms with E-state index in [1.807, 2.05) is 13.8 Å². The van der Waals surface area contributed by atoms with Gasteiger partial charge in [-0.05, 0) is 20.3 Å². The number of carbonyl (C=O) groups is 1. The Hall–Kier alpha value is -1.52. The average molecular weight is 210 g/mol. The number of carbonyl (C=O) groups excluding carboxylic acids is 1. The highest BCUT2D eigenvalue weighted by Gasteiger charge is 2.19. The Kier molecular flexibility index (Phi) is 3.71. The normalized spacial score (nSPS) is 10.3. The maximum absolute atomic E-state index is 12.0. The first-order valence-corrected chi connectivity index (χ1v) is 5.21. The molecule has 0 aliphatic heterocycles. The second-order valence-electron chi connectivity index (χ2n) is 3.50. The minimum atomic E-state index is -0.0961. The van der Waals surface area contributed by atoms with Gasteiger partial charge in [-0.2, -0.15) is 5.10 Å². The fraction of sp³-hybridized carbons (Fsp3) is 0.600. The number of hydrogen-bond acceptors (Lipinski definition) is 3. The molecule has 5 nitrogen and oxygen atoms in total. The number of aromatic nitrogens is 2. The number of amides is 1. The molecule has 0 saturated carbocycles. The molecule has 1 aromatic rings. The van der Waals surface area contributed by atoms with Crippen molar-refractivity contribution in [3.8, 4) is 0 Å². The van der Waals surface area contributed by atoms with Crippen LogP contribution in [0.25, 0.3) is 0 Å². The fourth-order valence-corrected chi connectivity index (χ4v) is 1.42. The monoisotopic (exact) mass is 210 g/mol. The van der Waals surface area contributed by atoms with E-state index in [4.69, 9.17) is 5.73 Å². The Balaban J connectivity index is 2.87. The zero-order valence-electron chi connectivity index (χ0n) is 9.50. The molecule has 0 unspecified atom stereocenters. The van der Waals surface area contributed by atoms with Crippen LogP contribution in [0.2, 0.25) is 0 Å². The van der Waals surface area contributed by atoms with Gasteiger partial charge in [0.05, 0.1) is 11.4 Å². The third kappa shape index (κ3) is 2.29. The number of nitrogens with zero attached hydrogens (tertiary/aromatic N) is 2. The molecule has 5 heteroatoms. The summed E-state index contributed by atoms with van der Waals surface area (Å²) in [6.07, 6.45) is 0.933. The molecule has 0 spiro atoms. The Bertz CT molecular complexity index is 345. The van der Waals surface area contributed by atoms with Crippen LogP contribution in [-0.2, 0) is 0 Å². The Morgan fingerprint density at radius 1 is 1.53 bits per heavy atom. The SMILES string of the molecule is CCCN(CC)C(=O)c1n[nH]c(C)c1N. The molecule has 0 radical (unpaired) electrons. The highest BCUT2D eigenvalue weighted by Crippen LogP contribution is 2.14. The molecule has 1 heterocycles. The highest BCUT2D eigenvalue weighted by molar-refractivity contribution is 5.97. The van der Waals surface area contributed by atoms with E-state index in [0.717, 1.165) is 18.7 Å². The van der Waals surface area contributed by atoms with Gasteiger partial charge in [0.15, 0.2) is 5.69 Å². The molecule has 0 atom stereocenters. The minimum Gasteiger partial charge on any atom is -0.395 e. The van der Waals surface area contributed by atoms with Gasteiger partial charge >= 0.3 is 0 Å². The lowest BCUT2D eigenvalue weighted by molar-refractivity contribution is 0.0759. The minimum absolute atomic E-state index is 0.0961. The zero-order chi connectivity index (χ0) is 11.4. The van der Waals surface area contributed by atoms with E-state index >= 15 is 0 Å². The predicted octanol–water partition coefficient (Wildman–Crippen LogP) is 1.17. The summed E-state index contributed by atoms with van der Waals surface area (Å²) in [6.45, 7) is 7.20. The van der Waals surface area contributed by atoms with Crippen LogP contribution < -0.4 is 5.73 Å². The standard InChI is InChI=1S/C10H18N4O/c1-4-6-14(5-2)10(15)9-8(11)7(3)12-13-9/h4-6,11H2,1-3H3,(H,12,13). The number of nitrogens with one attached hydrogen (secondary N) is 1. The van der Waals surface area contributed by atoms with E-state index in [1.54, 1.807) is 11.8 Å². The number of H-pyrrole nitrogens is 1. The Labute approximate surface area is 89.6 Å². The molecule has 0 aliphatic rings. The number of aromatic amines is 1. The summed E-state index contributed by atoms with van der Waals surface area (Å²) in [5, 5.41) is 6.64. The largest absolute Gasteiger partial charge is 0.395 e. The van der Waals surface area contributed by atoms with E-state index in [0.29, 0.717) is 17.9 Å². The molecule has 1 aromatic heterocycles. The van der Waals surface area contributed by atoms with Crippen molar-refractivity contribution in [2.75, 3.05) is 18.8 Å². The molecule has 1 amide bonds. The molecule has 0 saturated heterocycles. The van der Waals surface area contributed by atoms with Crippen LogP contribution in [-0.4, -0.2) is 34.1 Å². The van der Waals surface area contributed by atoms with Gasteiger partial charge in [0, 0.05) is 13.1 Å². The molecule has 0 aromatic carbocycles. The van der Waals surface area contributed by atoms with Gasteiger partial charge in [0.1, 0.15) is 0 Å². The number of rotatable bonds is 4. The second-order valence-corrected chi connectivity index (χ2v) is 3.50. The van der Waals surface area contributed by atoms with Gasteiger partial charge in [0.2, 0.25) is 0 Å². The summed E-state index contributed by atoms with van der Waals surface area (Å²) in [5.41, 5.74) is 7.28. The van der Waals surface area contributed by atoms with Crippen LogP contribution in [0.1, 0.15) is 36.5 Å². The molecular weight excluding hydrogens is 192 g/mol. The third-order valence-corrected chi connectivity index (χ3v) is 2.36. The van der Waals surface area contributed by atoms with Crippen molar-refractivity contribution < 1.29 is 4.79 Å². The van der Waals surface area contributed by atoms with Crippen LogP contribution in [0.15, 0.2) is 0 Å². The van der Waals surface area contributed by atoms with Crippen molar-refractivity contribution in [3.63, 3.8) is 0 Å². The molecule has 3 N–H and O–H groups in total. The van der Waals surface area contributed by atoms with Gasteiger partial charge in [-0.25, -0.2) is 0 Å². The molecule has 15 heavy (non-hydrogen) atoms. The van der Waals surface area contributed by atoms with Gasteiger partial charge in [-0.1, -0.05) is 6.92 Å². The summed E-state index contributed by atoms with van der Waals surface area (Å²) < 4.78 is 0. The molecule has 84 valence electrons. The van der Waals surface area contributed by atoms with Gasteiger partial charge in [-0.15, -0.1) is 0 Å². The van der Waals surface area contributed by atoms with Gasteiger partial charge in [0.25, 0.3) is 5.91 Å². The van der Waals surface area contributed by atoms with Crippen LogP contribution in [0.4, 0.5) is 5.69 Å². The van der Waals surface area contributed by atoms with E-state index in [2.05, 4.69) is 10.2 Å². The maximum atomic E-state index is 12.0. The van der Waals surface area contributed by atoms with Crippen molar-refractivity contribution in [1.29, 1.82) is 0 Å². The van der Waals surface area contributed by atoms with Gasteiger partial charge in [-0.3, -0.25) is 9.89 Å². The van der Waals surface area contributed by atoms with Crippen LogP contribution in [0.3, 0.4) is 0 Å². The number of anilines is 1. The molecule has 0 aliphatic carbocycles. The number of nitrogens with two attached hydrogens (primary N) is 1. The van der Waals surface area contributed by atoms with E-state index in [1.165, 1.54) is 0 Å². The Morgan fingerprint density at radius 2 is 2.20 bits per heavy atom. The summed E-state index contributed by atoms with van der Waals surface area (Å²) in [5.74, 6) is -0.0961. The summed E-state index contributed by atoms with van der Waals surface area (Å²) in [6, 6.07) is 0. The zero-order valence-corrected chi connectivity index (χ0v) is 9.50. The van der Waals surface area contributed by atoms with E-state index in [9.17, 15) is 4.79 Å². The molecule has 1 rings (SSSR count). The van der Waals surface area contributed by atoms with Crippen molar-refractivity contribution in [3.05, 3.63) is 11.4 Å². The van der Waals surface area contributed by atoms with E-state index in [-0.39, 0.29) is 5.91 Å². The van der Waals surface area contributed by atoms with Crippen molar-refractivity contribution in [1.82, 2.24) is 15.1 Å². The molecular formula is C10H18N4O. The summed E-state index contributed by atoms with van der Waals surface area (Å²) in [7, 11) is 0. The highest BCUT2D eigenvalue weighted by atomic mass is 16.2. The predicted molar refractivity (Wildman–Crippen MR) is 59.6 cm³/mol. The topological polar surface area (TPSA) is 75.0 Å². The average Bonchev–Trinajstić information content (AvgIpc) is 2.55.